The highest BCUT2D eigenvalue weighted by Gasteiger charge is 2.44. The molecule has 0 aromatic rings. The van der Waals surface area contributed by atoms with Crippen LogP contribution in [0.5, 0.6) is 0 Å². The average Bonchev–Trinajstić information content (AvgIpc) is 3.08. The molecule has 2 fully saturated rings. The van der Waals surface area contributed by atoms with Gasteiger partial charge in [-0.2, -0.15) is 8.78 Å². The van der Waals surface area contributed by atoms with Gasteiger partial charge in [-0.3, -0.25) is 0 Å². The Labute approximate surface area is 121 Å². The van der Waals surface area contributed by atoms with Crippen LogP contribution in [0.3, 0.4) is 0 Å². The van der Waals surface area contributed by atoms with Crippen molar-refractivity contribution in [3.8, 4) is 0 Å². The van der Waals surface area contributed by atoms with Crippen LogP contribution >= 0.6 is 22.6 Å². The number of alkyl halides is 1. The van der Waals surface area contributed by atoms with Crippen molar-refractivity contribution >= 4 is 22.6 Å². The van der Waals surface area contributed by atoms with E-state index in [1.165, 1.54) is 12.8 Å². The second kappa shape index (κ2) is 6.13. The van der Waals surface area contributed by atoms with Crippen LogP contribution < -0.4 is 0 Å². The third kappa shape index (κ3) is 4.13. The Kier molecular flexibility index (Phi) is 4.99. The Morgan fingerprint density at radius 1 is 1.39 bits per heavy atom. The minimum atomic E-state index is -1.46. The SMILES string of the molecule is CC(I)OCC1(CN2CCC(=C(F)F)CC2)CC1. The molecule has 1 aliphatic heterocycles. The zero-order valence-electron chi connectivity index (χ0n) is 10.7. The lowest BCUT2D eigenvalue weighted by atomic mass is 10.0. The van der Waals surface area contributed by atoms with E-state index in [-0.39, 0.29) is 4.11 Å². The van der Waals surface area contributed by atoms with Crippen molar-refractivity contribution in [2.75, 3.05) is 26.2 Å². The van der Waals surface area contributed by atoms with Gasteiger partial charge in [-0.25, -0.2) is 0 Å². The monoisotopic (exact) mass is 371 g/mol. The van der Waals surface area contributed by atoms with E-state index in [4.69, 9.17) is 4.74 Å². The van der Waals surface area contributed by atoms with Gasteiger partial charge >= 0.3 is 0 Å². The molecule has 1 heterocycles. The summed E-state index contributed by atoms with van der Waals surface area (Å²) in [5, 5.41) is 0. The van der Waals surface area contributed by atoms with Gasteiger partial charge in [-0.15, -0.1) is 0 Å². The quantitative estimate of drug-likeness (QED) is 0.538. The van der Waals surface area contributed by atoms with Crippen molar-refractivity contribution in [3.05, 3.63) is 11.7 Å². The maximum absolute atomic E-state index is 12.4. The zero-order valence-corrected chi connectivity index (χ0v) is 12.9. The number of piperidine rings is 1. The molecule has 0 amide bonds. The average molecular weight is 371 g/mol. The zero-order chi connectivity index (χ0) is 13.2. The smallest absolute Gasteiger partial charge is 0.269 e. The summed E-state index contributed by atoms with van der Waals surface area (Å²) in [6.45, 7) is 5.41. The Morgan fingerprint density at radius 3 is 2.44 bits per heavy atom. The summed E-state index contributed by atoms with van der Waals surface area (Å²) in [6.07, 6.45) is 2.03. The summed E-state index contributed by atoms with van der Waals surface area (Å²) in [5.74, 6) is 0. The van der Waals surface area contributed by atoms with Gasteiger partial charge in [-0.05, 0) is 38.2 Å². The normalized spacial score (nSPS) is 25.0. The van der Waals surface area contributed by atoms with E-state index < -0.39 is 6.08 Å². The maximum atomic E-state index is 12.4. The number of likely N-dealkylation sites (tertiary alicyclic amines) is 1. The van der Waals surface area contributed by atoms with Crippen molar-refractivity contribution in [1.29, 1.82) is 0 Å². The Bertz CT molecular complexity index is 315. The number of nitrogens with zero attached hydrogens (tertiary/aromatic N) is 1. The molecule has 5 heteroatoms. The Morgan fingerprint density at radius 2 is 2.00 bits per heavy atom. The molecule has 1 saturated carbocycles. The van der Waals surface area contributed by atoms with Crippen LogP contribution in [0.15, 0.2) is 11.7 Å². The highest BCUT2D eigenvalue weighted by Crippen LogP contribution is 2.47. The van der Waals surface area contributed by atoms with E-state index in [1.807, 2.05) is 6.92 Å². The predicted octanol–water partition coefficient (Wildman–Crippen LogP) is 3.81. The molecule has 2 nitrogen and oxygen atoms in total. The van der Waals surface area contributed by atoms with Crippen LogP contribution in [-0.2, 0) is 4.74 Å². The van der Waals surface area contributed by atoms with Crippen LogP contribution in [-0.4, -0.2) is 35.3 Å². The van der Waals surface area contributed by atoms with Gasteiger partial charge in [0.25, 0.3) is 6.08 Å². The first kappa shape index (κ1) is 14.7. The lowest BCUT2D eigenvalue weighted by molar-refractivity contribution is 0.0677. The minimum absolute atomic E-state index is 0.247. The molecule has 1 unspecified atom stereocenters. The summed E-state index contributed by atoms with van der Waals surface area (Å²) in [5.41, 5.74) is 0.669. The molecule has 18 heavy (non-hydrogen) atoms. The van der Waals surface area contributed by atoms with Crippen LogP contribution in [0, 0.1) is 5.41 Å². The van der Waals surface area contributed by atoms with E-state index >= 15 is 0 Å². The first-order valence-electron chi connectivity index (χ1n) is 6.52. The topological polar surface area (TPSA) is 12.5 Å². The van der Waals surface area contributed by atoms with Gasteiger partial charge in [0, 0.05) is 25.0 Å². The molecule has 0 aromatic carbocycles. The molecule has 0 N–H and O–H groups in total. The van der Waals surface area contributed by atoms with Crippen molar-refractivity contribution in [2.24, 2.45) is 5.41 Å². The largest absolute Gasteiger partial charge is 0.368 e. The first-order chi connectivity index (χ1) is 8.51. The van der Waals surface area contributed by atoms with Crippen molar-refractivity contribution < 1.29 is 13.5 Å². The molecule has 104 valence electrons. The molecular formula is C13H20F2INO. The molecule has 2 rings (SSSR count). The van der Waals surface area contributed by atoms with Gasteiger partial charge < -0.3 is 9.64 Å². The fraction of sp³-hybridized carbons (Fsp3) is 0.846. The molecule has 0 spiro atoms. The standard InChI is InChI=1S/C13H20F2INO/c1-10(16)18-9-13(4-5-13)8-17-6-2-11(3-7-17)12(14)15/h10H,2-9H2,1H3. The van der Waals surface area contributed by atoms with E-state index in [0.717, 1.165) is 26.2 Å². The predicted molar refractivity (Wildman–Crippen MR) is 76.0 cm³/mol. The minimum Gasteiger partial charge on any atom is -0.368 e. The number of hydrogen-bond donors (Lipinski definition) is 0. The molecule has 1 saturated heterocycles. The summed E-state index contributed by atoms with van der Waals surface area (Å²) < 4.78 is 30.8. The maximum Gasteiger partial charge on any atom is 0.269 e. The molecule has 1 aliphatic carbocycles. The molecule has 0 bridgehead atoms. The third-order valence-electron chi connectivity index (χ3n) is 3.86. The van der Waals surface area contributed by atoms with Gasteiger partial charge in [0.1, 0.15) is 4.11 Å². The Hall–Kier alpha value is 0.250. The fourth-order valence-electron chi connectivity index (χ4n) is 2.46. The lowest BCUT2D eigenvalue weighted by Crippen LogP contribution is -2.37. The van der Waals surface area contributed by atoms with Crippen LogP contribution in [0.25, 0.3) is 0 Å². The lowest BCUT2D eigenvalue weighted by Gasteiger charge is -2.31. The molecular weight excluding hydrogens is 351 g/mol. The summed E-state index contributed by atoms with van der Waals surface area (Å²) >= 11 is 2.27. The van der Waals surface area contributed by atoms with E-state index in [0.29, 0.717) is 23.8 Å². The highest BCUT2D eigenvalue weighted by atomic mass is 127. The molecule has 1 atom stereocenters. The Balaban J connectivity index is 1.76. The molecule has 2 aliphatic rings. The van der Waals surface area contributed by atoms with E-state index in [2.05, 4.69) is 27.5 Å². The summed E-state index contributed by atoms with van der Waals surface area (Å²) in [7, 11) is 0. The number of hydrogen-bond acceptors (Lipinski definition) is 2. The van der Waals surface area contributed by atoms with Crippen molar-refractivity contribution in [2.45, 2.75) is 36.7 Å². The van der Waals surface area contributed by atoms with Gasteiger partial charge in [0.2, 0.25) is 0 Å². The van der Waals surface area contributed by atoms with Crippen LogP contribution in [0.4, 0.5) is 8.78 Å². The van der Waals surface area contributed by atoms with Gasteiger partial charge in [-0.1, -0.05) is 22.6 Å². The second-order valence-electron chi connectivity index (χ2n) is 5.49. The number of ether oxygens (including phenoxy) is 1. The first-order valence-corrected chi connectivity index (χ1v) is 7.76. The van der Waals surface area contributed by atoms with Crippen LogP contribution in [0.1, 0.15) is 32.6 Å². The number of rotatable bonds is 5. The van der Waals surface area contributed by atoms with Gasteiger partial charge in [0.05, 0.1) is 6.61 Å². The van der Waals surface area contributed by atoms with E-state index in [1.54, 1.807) is 0 Å². The second-order valence-corrected chi connectivity index (χ2v) is 7.25. The molecule has 0 aromatic heterocycles. The summed E-state index contributed by atoms with van der Waals surface area (Å²) in [6, 6.07) is 0. The third-order valence-corrected chi connectivity index (χ3v) is 4.22. The van der Waals surface area contributed by atoms with Gasteiger partial charge in [0.15, 0.2) is 0 Å². The van der Waals surface area contributed by atoms with Crippen LogP contribution in [0.2, 0.25) is 0 Å². The molecule has 0 radical (unpaired) electrons. The summed E-state index contributed by atoms with van der Waals surface area (Å²) in [4.78, 5) is 2.32. The van der Waals surface area contributed by atoms with E-state index in [9.17, 15) is 8.78 Å². The fourth-order valence-corrected chi connectivity index (χ4v) is 2.64. The number of halogens is 3. The highest BCUT2D eigenvalue weighted by molar-refractivity contribution is 14.1. The van der Waals surface area contributed by atoms with Crippen molar-refractivity contribution in [1.82, 2.24) is 4.90 Å². The van der Waals surface area contributed by atoms with Crippen molar-refractivity contribution in [3.63, 3.8) is 0 Å².